The van der Waals surface area contributed by atoms with Gasteiger partial charge in [-0.25, -0.2) is 9.48 Å². The van der Waals surface area contributed by atoms with E-state index in [2.05, 4.69) is 38.1 Å². The van der Waals surface area contributed by atoms with Crippen LogP contribution in [0.15, 0.2) is 48.5 Å². The number of ether oxygens (including phenoxy) is 1. The van der Waals surface area contributed by atoms with Crippen molar-refractivity contribution in [3.05, 3.63) is 81.6 Å². The van der Waals surface area contributed by atoms with E-state index in [1.165, 1.54) is 0 Å². The molecule has 3 aromatic rings. The van der Waals surface area contributed by atoms with Crippen LogP contribution in [0.25, 0.3) is 0 Å². The van der Waals surface area contributed by atoms with Gasteiger partial charge in [-0.2, -0.15) is 5.10 Å². The molecule has 0 aliphatic carbocycles. The Hall–Kier alpha value is -3.12. The van der Waals surface area contributed by atoms with E-state index < -0.39 is 18.5 Å². The third-order valence-corrected chi connectivity index (χ3v) is 5.80. The highest BCUT2D eigenvalue weighted by atomic mass is 35.5. The first kappa shape index (κ1) is 24.5. The van der Waals surface area contributed by atoms with Crippen LogP contribution < -0.4 is 5.32 Å². The van der Waals surface area contributed by atoms with Gasteiger partial charge in [0.25, 0.3) is 5.91 Å². The lowest BCUT2D eigenvalue weighted by Gasteiger charge is -2.20. The lowest BCUT2D eigenvalue weighted by atomic mass is 9.92. The molecule has 0 aliphatic rings. The summed E-state index contributed by atoms with van der Waals surface area (Å²) in [6.07, 6.45) is 0. The molecule has 0 spiro atoms. The lowest BCUT2D eigenvalue weighted by Crippen LogP contribution is -2.23. The van der Waals surface area contributed by atoms with Gasteiger partial charge in [-0.15, -0.1) is 0 Å². The molecule has 1 N–H and O–H groups in total. The molecule has 33 heavy (non-hydrogen) atoms. The maximum atomic E-state index is 12.7. The van der Waals surface area contributed by atoms with Crippen LogP contribution in [0, 0.1) is 6.92 Å². The topological polar surface area (TPSA) is 73.2 Å². The number of halogens is 1. The summed E-state index contributed by atoms with van der Waals surface area (Å²) in [6, 6.07) is 15.7. The SMILES string of the molecule is Cc1nn(Cc2ccccc2)c(Cl)c1C(=O)OCC(=O)Nc1c(C(C)C)cccc1C(C)C. The van der Waals surface area contributed by atoms with Gasteiger partial charge in [-0.3, -0.25) is 4.79 Å². The Balaban J connectivity index is 1.70. The van der Waals surface area contributed by atoms with Gasteiger partial charge in [0.1, 0.15) is 10.7 Å². The number of nitrogens with one attached hydrogen (secondary N) is 1. The zero-order valence-corrected chi connectivity index (χ0v) is 20.4. The van der Waals surface area contributed by atoms with Crippen molar-refractivity contribution in [1.29, 1.82) is 0 Å². The minimum absolute atomic E-state index is 0.172. The number of hydrogen-bond donors (Lipinski definition) is 1. The average molecular weight is 468 g/mol. The summed E-state index contributed by atoms with van der Waals surface area (Å²) in [6.45, 7) is 10.0. The maximum absolute atomic E-state index is 12.7. The van der Waals surface area contributed by atoms with Gasteiger partial charge < -0.3 is 10.1 Å². The van der Waals surface area contributed by atoms with Gasteiger partial charge in [0.15, 0.2) is 6.61 Å². The van der Waals surface area contributed by atoms with Crippen LogP contribution in [-0.2, 0) is 16.1 Å². The van der Waals surface area contributed by atoms with Gasteiger partial charge >= 0.3 is 5.97 Å². The third-order valence-electron chi connectivity index (χ3n) is 5.42. The van der Waals surface area contributed by atoms with Crippen molar-refractivity contribution >= 4 is 29.2 Å². The Morgan fingerprint density at radius 2 is 1.61 bits per heavy atom. The van der Waals surface area contributed by atoms with Crippen molar-refractivity contribution in [3.8, 4) is 0 Å². The van der Waals surface area contributed by atoms with E-state index in [1.807, 2.05) is 48.5 Å². The highest BCUT2D eigenvalue weighted by Gasteiger charge is 2.23. The van der Waals surface area contributed by atoms with Crippen LogP contribution in [0.2, 0.25) is 5.15 Å². The molecule has 0 bridgehead atoms. The van der Waals surface area contributed by atoms with Gasteiger partial charge in [-0.1, -0.05) is 87.8 Å². The summed E-state index contributed by atoms with van der Waals surface area (Å²) in [5, 5.41) is 7.50. The number of amides is 1. The van der Waals surface area contributed by atoms with Crippen LogP contribution in [-0.4, -0.2) is 28.3 Å². The normalized spacial score (nSPS) is 11.2. The average Bonchev–Trinajstić information content (AvgIpc) is 3.05. The fourth-order valence-corrected chi connectivity index (χ4v) is 4.03. The van der Waals surface area contributed by atoms with Gasteiger partial charge in [0.05, 0.1) is 12.2 Å². The Labute approximate surface area is 199 Å². The van der Waals surface area contributed by atoms with Gasteiger partial charge in [0, 0.05) is 5.69 Å². The summed E-state index contributed by atoms with van der Waals surface area (Å²) in [4.78, 5) is 25.4. The molecule has 1 aromatic heterocycles. The second-order valence-electron chi connectivity index (χ2n) is 8.64. The summed E-state index contributed by atoms with van der Waals surface area (Å²) in [5.74, 6) is -0.603. The highest BCUT2D eigenvalue weighted by Crippen LogP contribution is 2.32. The van der Waals surface area contributed by atoms with E-state index in [-0.39, 0.29) is 22.6 Å². The fourth-order valence-electron chi connectivity index (χ4n) is 3.72. The minimum atomic E-state index is -0.673. The Kier molecular flexibility index (Phi) is 7.92. The molecule has 6 nitrogen and oxygen atoms in total. The molecule has 1 heterocycles. The van der Waals surface area contributed by atoms with Crippen LogP contribution >= 0.6 is 11.6 Å². The number of hydrogen-bond acceptors (Lipinski definition) is 4. The molecule has 7 heteroatoms. The molecule has 0 saturated carbocycles. The molecular formula is C26H30ClN3O3. The van der Waals surface area contributed by atoms with Crippen molar-refractivity contribution in [3.63, 3.8) is 0 Å². The second-order valence-corrected chi connectivity index (χ2v) is 9.00. The summed E-state index contributed by atoms with van der Waals surface area (Å²) < 4.78 is 6.85. The molecule has 0 radical (unpaired) electrons. The largest absolute Gasteiger partial charge is 0.452 e. The quantitative estimate of drug-likeness (QED) is 0.416. The number of carbonyl (C=O) groups is 2. The first-order valence-corrected chi connectivity index (χ1v) is 11.4. The van der Waals surface area contributed by atoms with E-state index in [1.54, 1.807) is 11.6 Å². The molecule has 1 amide bonds. The number of anilines is 1. The summed E-state index contributed by atoms with van der Waals surface area (Å²) in [5.41, 5.74) is 4.50. The molecule has 0 fully saturated rings. The molecule has 0 unspecified atom stereocenters. The summed E-state index contributed by atoms with van der Waals surface area (Å²) >= 11 is 6.43. The third kappa shape index (κ3) is 5.82. The maximum Gasteiger partial charge on any atom is 0.343 e. The molecule has 0 saturated heterocycles. The molecular weight excluding hydrogens is 438 g/mol. The Morgan fingerprint density at radius 3 is 2.18 bits per heavy atom. The van der Waals surface area contributed by atoms with Gasteiger partial charge in [-0.05, 0) is 35.4 Å². The van der Waals surface area contributed by atoms with E-state index in [4.69, 9.17) is 16.3 Å². The van der Waals surface area contributed by atoms with Crippen molar-refractivity contribution in [2.24, 2.45) is 0 Å². The van der Waals surface area contributed by atoms with Crippen LogP contribution in [0.1, 0.15) is 72.3 Å². The zero-order valence-electron chi connectivity index (χ0n) is 19.7. The number of rotatable bonds is 8. The van der Waals surface area contributed by atoms with Crippen molar-refractivity contribution in [2.75, 3.05) is 11.9 Å². The first-order valence-electron chi connectivity index (χ1n) is 11.1. The summed E-state index contributed by atoms with van der Waals surface area (Å²) in [7, 11) is 0. The molecule has 2 aromatic carbocycles. The van der Waals surface area contributed by atoms with E-state index in [0.717, 1.165) is 22.4 Å². The zero-order chi connectivity index (χ0) is 24.1. The van der Waals surface area contributed by atoms with Crippen molar-refractivity contribution < 1.29 is 14.3 Å². The predicted molar refractivity (Wildman–Crippen MR) is 131 cm³/mol. The van der Waals surface area contributed by atoms with E-state index in [9.17, 15) is 9.59 Å². The molecule has 0 atom stereocenters. The monoisotopic (exact) mass is 467 g/mol. The Morgan fingerprint density at radius 1 is 1.00 bits per heavy atom. The van der Waals surface area contributed by atoms with Crippen LogP contribution in [0.5, 0.6) is 0 Å². The van der Waals surface area contributed by atoms with E-state index >= 15 is 0 Å². The predicted octanol–water partition coefficient (Wildman–Crippen LogP) is 5.94. The highest BCUT2D eigenvalue weighted by molar-refractivity contribution is 6.32. The number of para-hydroxylation sites is 1. The minimum Gasteiger partial charge on any atom is -0.452 e. The number of esters is 1. The smallest absolute Gasteiger partial charge is 0.343 e. The number of benzene rings is 2. The molecule has 3 rings (SSSR count). The first-order chi connectivity index (χ1) is 15.7. The van der Waals surface area contributed by atoms with Gasteiger partial charge in [0.2, 0.25) is 0 Å². The number of aryl methyl sites for hydroxylation is 1. The van der Waals surface area contributed by atoms with Crippen molar-refractivity contribution in [2.45, 2.75) is 53.0 Å². The van der Waals surface area contributed by atoms with E-state index in [0.29, 0.717) is 12.2 Å². The second kappa shape index (κ2) is 10.7. The van der Waals surface area contributed by atoms with Crippen LogP contribution in [0.4, 0.5) is 5.69 Å². The van der Waals surface area contributed by atoms with Crippen LogP contribution in [0.3, 0.4) is 0 Å². The molecule has 0 aliphatic heterocycles. The Bertz CT molecular complexity index is 1110. The molecule has 174 valence electrons. The number of carbonyl (C=O) groups excluding carboxylic acids is 2. The standard InChI is InChI=1S/C26H30ClN3O3/c1-16(2)20-12-9-13-21(17(3)4)24(20)28-22(31)15-33-26(32)23-18(5)29-30(25(23)27)14-19-10-7-6-8-11-19/h6-13,16-17H,14-15H2,1-5H3,(H,28,31). The number of nitrogens with zero attached hydrogens (tertiary/aromatic N) is 2. The lowest BCUT2D eigenvalue weighted by molar-refractivity contribution is -0.119. The number of aromatic nitrogens is 2. The van der Waals surface area contributed by atoms with Crippen molar-refractivity contribution in [1.82, 2.24) is 9.78 Å². The fraction of sp³-hybridized carbons (Fsp3) is 0.346.